The number of nitrogens with one attached hydrogen (secondary N) is 2. The first-order chi connectivity index (χ1) is 13.3. The van der Waals surface area contributed by atoms with E-state index in [1.807, 2.05) is 34.3 Å². The van der Waals surface area contributed by atoms with Crippen molar-refractivity contribution in [2.45, 2.75) is 12.6 Å². The Labute approximate surface area is 167 Å². The number of benzene rings is 1. The molecule has 3 rings (SSSR count). The lowest BCUT2D eigenvalue weighted by molar-refractivity contribution is -0.138. The van der Waals surface area contributed by atoms with Crippen molar-refractivity contribution in [2.75, 3.05) is 11.9 Å². The van der Waals surface area contributed by atoms with E-state index < -0.39 is 29.2 Å². The van der Waals surface area contributed by atoms with Crippen LogP contribution in [0.3, 0.4) is 0 Å². The molecule has 0 spiro atoms. The summed E-state index contributed by atoms with van der Waals surface area (Å²) in [5, 5.41) is 8.48. The maximum absolute atomic E-state index is 12.9. The van der Waals surface area contributed by atoms with Crippen molar-refractivity contribution in [3.63, 3.8) is 0 Å². The van der Waals surface area contributed by atoms with Gasteiger partial charge in [-0.3, -0.25) is 9.59 Å². The van der Waals surface area contributed by atoms with Gasteiger partial charge in [-0.25, -0.2) is 0 Å². The topological polar surface area (TPSA) is 58.2 Å². The van der Waals surface area contributed by atoms with Crippen LogP contribution < -0.4 is 10.6 Å². The van der Waals surface area contributed by atoms with E-state index in [-0.39, 0.29) is 6.54 Å². The molecule has 0 saturated carbocycles. The van der Waals surface area contributed by atoms with E-state index in [0.717, 1.165) is 27.5 Å². The molecule has 1 aromatic carbocycles. The van der Waals surface area contributed by atoms with Crippen molar-refractivity contribution >= 4 is 40.2 Å². The molecule has 2 aromatic heterocycles. The largest absolute Gasteiger partial charge is 0.418 e. The average molecular weight is 424 g/mol. The highest BCUT2D eigenvalue weighted by Crippen LogP contribution is 2.34. The van der Waals surface area contributed by atoms with Crippen LogP contribution in [0.5, 0.6) is 0 Å². The fourth-order valence-corrected chi connectivity index (χ4v) is 4.20. The third-order valence-electron chi connectivity index (χ3n) is 3.81. The number of carbonyl (C=O) groups excluding carboxylic acids is 2. The van der Waals surface area contributed by atoms with E-state index in [2.05, 4.69) is 5.32 Å². The SMILES string of the molecule is O=C(NCCc1ccc(-c2ccsc2)s1)C(=O)Nc1ccccc1C(F)(F)F. The van der Waals surface area contributed by atoms with Gasteiger partial charge < -0.3 is 10.6 Å². The van der Waals surface area contributed by atoms with E-state index in [1.165, 1.54) is 12.1 Å². The van der Waals surface area contributed by atoms with Crippen LogP contribution in [0.1, 0.15) is 10.4 Å². The van der Waals surface area contributed by atoms with E-state index in [1.54, 1.807) is 22.7 Å². The summed E-state index contributed by atoms with van der Waals surface area (Å²) in [5.74, 6) is -2.12. The predicted molar refractivity (Wildman–Crippen MR) is 104 cm³/mol. The Kier molecular flexibility index (Phi) is 6.15. The molecule has 2 N–H and O–H groups in total. The lowest BCUT2D eigenvalue weighted by Crippen LogP contribution is -2.36. The van der Waals surface area contributed by atoms with Crippen molar-refractivity contribution in [2.24, 2.45) is 0 Å². The zero-order chi connectivity index (χ0) is 20.1. The van der Waals surface area contributed by atoms with E-state index in [9.17, 15) is 22.8 Å². The van der Waals surface area contributed by atoms with Crippen molar-refractivity contribution in [1.82, 2.24) is 5.32 Å². The number of halogens is 3. The second-order valence-corrected chi connectivity index (χ2v) is 7.73. The van der Waals surface area contributed by atoms with Gasteiger partial charge in [-0.1, -0.05) is 12.1 Å². The summed E-state index contributed by atoms with van der Waals surface area (Å²) in [6, 6.07) is 10.5. The zero-order valence-electron chi connectivity index (χ0n) is 14.4. The first kappa shape index (κ1) is 20.1. The molecule has 0 aliphatic carbocycles. The molecule has 9 heteroatoms. The molecule has 3 aromatic rings. The molecule has 0 radical (unpaired) electrons. The molecule has 146 valence electrons. The van der Waals surface area contributed by atoms with Gasteiger partial charge in [0.25, 0.3) is 0 Å². The average Bonchev–Trinajstić information content (AvgIpc) is 3.32. The second-order valence-electron chi connectivity index (χ2n) is 5.78. The highest BCUT2D eigenvalue weighted by atomic mass is 32.1. The standard InChI is InChI=1S/C19H15F3N2O2S2/c20-19(21,22)14-3-1-2-4-15(14)24-18(26)17(25)23-9-7-13-5-6-16(28-13)12-8-10-27-11-12/h1-6,8,10-11H,7,9H2,(H,23,25)(H,24,26). The Morgan fingerprint density at radius 3 is 2.50 bits per heavy atom. The molecule has 0 atom stereocenters. The minimum absolute atomic E-state index is 0.205. The Hall–Kier alpha value is -2.65. The minimum atomic E-state index is -4.63. The van der Waals surface area contributed by atoms with Crippen LogP contribution in [0, 0.1) is 0 Å². The van der Waals surface area contributed by atoms with Gasteiger partial charge in [-0.15, -0.1) is 11.3 Å². The quantitative estimate of drug-likeness (QED) is 0.579. The van der Waals surface area contributed by atoms with E-state index in [0.29, 0.717) is 6.42 Å². The van der Waals surface area contributed by atoms with Gasteiger partial charge in [-0.05, 0) is 47.5 Å². The molecule has 0 aliphatic heterocycles. The fourth-order valence-electron chi connectivity index (χ4n) is 2.47. The highest BCUT2D eigenvalue weighted by molar-refractivity contribution is 7.16. The van der Waals surface area contributed by atoms with Gasteiger partial charge in [-0.2, -0.15) is 24.5 Å². The summed E-state index contributed by atoms with van der Waals surface area (Å²) in [7, 11) is 0. The second kappa shape index (κ2) is 8.57. The van der Waals surface area contributed by atoms with Crippen LogP contribution in [0.2, 0.25) is 0 Å². The number of alkyl halides is 3. The van der Waals surface area contributed by atoms with Crippen LogP contribution in [-0.4, -0.2) is 18.4 Å². The lowest BCUT2D eigenvalue weighted by atomic mass is 10.1. The van der Waals surface area contributed by atoms with Gasteiger partial charge >= 0.3 is 18.0 Å². The van der Waals surface area contributed by atoms with Gasteiger partial charge in [0.1, 0.15) is 0 Å². The summed E-state index contributed by atoms with van der Waals surface area (Å²) in [4.78, 5) is 25.9. The molecule has 0 aliphatic rings. The Balaban J connectivity index is 1.52. The highest BCUT2D eigenvalue weighted by Gasteiger charge is 2.34. The zero-order valence-corrected chi connectivity index (χ0v) is 16.0. The van der Waals surface area contributed by atoms with Gasteiger partial charge in [0.05, 0.1) is 11.3 Å². The summed E-state index contributed by atoms with van der Waals surface area (Å²) in [6.45, 7) is 0.205. The molecule has 0 saturated heterocycles. The van der Waals surface area contributed by atoms with Crippen molar-refractivity contribution in [3.05, 3.63) is 63.7 Å². The number of carbonyl (C=O) groups is 2. The number of amides is 2. The summed E-state index contributed by atoms with van der Waals surface area (Å²) in [5.41, 5.74) is -0.322. The van der Waals surface area contributed by atoms with Gasteiger partial charge in [0.2, 0.25) is 0 Å². The summed E-state index contributed by atoms with van der Waals surface area (Å²) >= 11 is 3.19. The number of hydrogen-bond acceptors (Lipinski definition) is 4. The smallest absolute Gasteiger partial charge is 0.347 e. The van der Waals surface area contributed by atoms with E-state index in [4.69, 9.17) is 0 Å². The van der Waals surface area contributed by atoms with Gasteiger partial charge in [0.15, 0.2) is 0 Å². The fraction of sp³-hybridized carbons (Fsp3) is 0.158. The Bertz CT molecular complexity index is 966. The molecule has 0 bridgehead atoms. The number of thiophene rings is 2. The summed E-state index contributed by atoms with van der Waals surface area (Å²) < 4.78 is 38.8. The number of para-hydroxylation sites is 1. The van der Waals surface area contributed by atoms with Crippen molar-refractivity contribution < 1.29 is 22.8 Å². The maximum atomic E-state index is 12.9. The number of hydrogen-bond donors (Lipinski definition) is 2. The maximum Gasteiger partial charge on any atom is 0.418 e. The molecular formula is C19H15F3N2O2S2. The van der Waals surface area contributed by atoms with E-state index >= 15 is 0 Å². The van der Waals surface area contributed by atoms with Gasteiger partial charge in [0, 0.05) is 21.9 Å². The third kappa shape index (κ3) is 4.99. The first-order valence-corrected chi connectivity index (χ1v) is 9.97. The van der Waals surface area contributed by atoms with Crippen LogP contribution in [-0.2, 0) is 22.2 Å². The Morgan fingerprint density at radius 2 is 1.79 bits per heavy atom. The van der Waals surface area contributed by atoms with Crippen LogP contribution >= 0.6 is 22.7 Å². The lowest BCUT2D eigenvalue weighted by Gasteiger charge is -2.13. The molecule has 4 nitrogen and oxygen atoms in total. The molecule has 2 amide bonds. The van der Waals surface area contributed by atoms with Crippen molar-refractivity contribution in [3.8, 4) is 10.4 Å². The predicted octanol–water partition coefficient (Wildman–Crippen LogP) is 4.79. The molecule has 0 unspecified atom stereocenters. The third-order valence-corrected chi connectivity index (χ3v) is 5.69. The molecule has 2 heterocycles. The van der Waals surface area contributed by atoms with Crippen molar-refractivity contribution in [1.29, 1.82) is 0 Å². The van der Waals surface area contributed by atoms with Crippen LogP contribution in [0.4, 0.5) is 18.9 Å². The first-order valence-electron chi connectivity index (χ1n) is 8.21. The van der Waals surface area contributed by atoms with Crippen LogP contribution in [0.15, 0.2) is 53.2 Å². The normalized spacial score (nSPS) is 11.2. The van der Waals surface area contributed by atoms with Crippen LogP contribution in [0.25, 0.3) is 10.4 Å². The molecular weight excluding hydrogens is 409 g/mol. The molecule has 0 fully saturated rings. The Morgan fingerprint density at radius 1 is 1.00 bits per heavy atom. The number of anilines is 1. The number of rotatable bonds is 5. The monoisotopic (exact) mass is 424 g/mol. The summed E-state index contributed by atoms with van der Waals surface area (Å²) in [6.07, 6.45) is -4.10. The minimum Gasteiger partial charge on any atom is -0.347 e. The molecule has 28 heavy (non-hydrogen) atoms.